The number of rotatable bonds is 1. The first kappa shape index (κ1) is 11.0. The fourth-order valence-electron chi connectivity index (χ4n) is 2.75. The minimum atomic E-state index is 0.250. The molecule has 0 bridgehead atoms. The van der Waals surface area contributed by atoms with Gasteiger partial charge in [-0.25, -0.2) is 0 Å². The molecule has 1 aromatic carbocycles. The van der Waals surface area contributed by atoms with Gasteiger partial charge < -0.3 is 11.1 Å². The number of hydrogen-bond donors (Lipinski definition) is 2. The lowest BCUT2D eigenvalue weighted by atomic mass is 9.83. The maximum absolute atomic E-state index is 8.58. The van der Waals surface area contributed by atoms with E-state index in [0.717, 1.165) is 0 Å². The predicted molar refractivity (Wildman–Crippen MR) is 65.7 cm³/mol. The molecule has 3 heteroatoms. The molecular formula is C13H18N2O. The molecule has 0 saturated carbocycles. The molecule has 0 radical (unpaired) electrons. The van der Waals surface area contributed by atoms with Gasteiger partial charge in [0.2, 0.25) is 6.41 Å². The van der Waals surface area contributed by atoms with Gasteiger partial charge in [0.15, 0.2) is 0 Å². The highest BCUT2D eigenvalue weighted by atomic mass is 16.1. The van der Waals surface area contributed by atoms with Gasteiger partial charge in [0, 0.05) is 12.7 Å². The van der Waals surface area contributed by atoms with Crippen LogP contribution in [0, 0.1) is 0 Å². The molecule has 0 heterocycles. The van der Waals surface area contributed by atoms with Gasteiger partial charge in [-0.3, -0.25) is 4.79 Å². The summed E-state index contributed by atoms with van der Waals surface area (Å²) in [5.74, 6) is 0. The van der Waals surface area contributed by atoms with E-state index in [9.17, 15) is 0 Å². The van der Waals surface area contributed by atoms with E-state index in [1.807, 2.05) is 0 Å². The summed E-state index contributed by atoms with van der Waals surface area (Å²) in [6.07, 6.45) is 6.79. The van der Waals surface area contributed by atoms with E-state index >= 15 is 0 Å². The van der Waals surface area contributed by atoms with E-state index in [0.29, 0.717) is 0 Å². The zero-order valence-corrected chi connectivity index (χ0v) is 9.68. The Kier molecular flexibility index (Phi) is 3.13. The monoisotopic (exact) mass is 218 g/mol. The third kappa shape index (κ3) is 1.66. The number of benzene rings is 1. The topological polar surface area (TPSA) is 55.1 Å². The van der Waals surface area contributed by atoms with Gasteiger partial charge in [0.25, 0.3) is 0 Å². The van der Waals surface area contributed by atoms with Gasteiger partial charge in [0.05, 0.1) is 0 Å². The highest BCUT2D eigenvalue weighted by Gasteiger charge is 2.24. The van der Waals surface area contributed by atoms with Crippen LogP contribution in [0.5, 0.6) is 0 Å². The Hall–Kier alpha value is -1.51. The number of carbonyl (C=O) groups is 1. The Morgan fingerprint density at radius 1 is 1.19 bits per heavy atom. The zero-order chi connectivity index (χ0) is 11.5. The van der Waals surface area contributed by atoms with Crippen molar-refractivity contribution < 1.29 is 4.79 Å². The summed E-state index contributed by atoms with van der Waals surface area (Å²) >= 11 is 0. The second-order valence-electron chi connectivity index (χ2n) is 4.27. The van der Waals surface area contributed by atoms with Gasteiger partial charge >= 0.3 is 0 Å². The van der Waals surface area contributed by atoms with Crippen LogP contribution < -0.4 is 11.1 Å². The molecule has 0 atom stereocenters. The van der Waals surface area contributed by atoms with Crippen molar-refractivity contribution >= 4 is 12.1 Å². The molecule has 3 nitrogen and oxygen atoms in total. The fourth-order valence-corrected chi connectivity index (χ4v) is 2.75. The Balaban J connectivity index is 0.000000292. The van der Waals surface area contributed by atoms with Crippen LogP contribution in [0.1, 0.15) is 28.7 Å². The Morgan fingerprint density at radius 3 is 2.38 bits per heavy atom. The van der Waals surface area contributed by atoms with Gasteiger partial charge in [-0.2, -0.15) is 0 Å². The maximum atomic E-state index is 8.58. The second-order valence-corrected chi connectivity index (χ2v) is 4.27. The molecule has 0 unspecified atom stereocenters. The Morgan fingerprint density at radius 2 is 1.81 bits per heavy atom. The van der Waals surface area contributed by atoms with Crippen LogP contribution >= 0.6 is 0 Å². The molecule has 3 rings (SSSR count). The molecule has 1 amide bonds. The predicted octanol–water partition coefficient (Wildman–Crippen LogP) is 1.42. The number of nitrogens with two attached hydrogens (primary N) is 1. The fraction of sp³-hybridized carbons (Fsp3) is 0.462. The van der Waals surface area contributed by atoms with Crippen LogP contribution in [-0.2, 0) is 30.5 Å². The number of fused-ring (bicyclic) bond motifs is 2. The Labute approximate surface area is 96.0 Å². The van der Waals surface area contributed by atoms with Crippen LogP contribution in [0.4, 0.5) is 5.69 Å². The van der Waals surface area contributed by atoms with Crippen molar-refractivity contribution in [2.45, 2.75) is 32.1 Å². The number of hydrogen-bond acceptors (Lipinski definition) is 2. The van der Waals surface area contributed by atoms with E-state index in [-0.39, 0.29) is 6.41 Å². The van der Waals surface area contributed by atoms with E-state index in [1.54, 1.807) is 22.3 Å². The molecule has 0 aromatic heterocycles. The lowest BCUT2D eigenvalue weighted by molar-refractivity contribution is -0.106. The number of primary amides is 1. The minimum Gasteiger partial charge on any atom is -0.388 e. The second kappa shape index (κ2) is 4.56. The normalized spacial score (nSPS) is 15.1. The van der Waals surface area contributed by atoms with Crippen molar-refractivity contribution in [3.05, 3.63) is 28.3 Å². The first-order valence-corrected chi connectivity index (χ1v) is 5.81. The van der Waals surface area contributed by atoms with Gasteiger partial charge in [-0.05, 0) is 54.4 Å². The van der Waals surface area contributed by atoms with E-state index < -0.39 is 0 Å². The highest BCUT2D eigenvalue weighted by molar-refractivity contribution is 5.67. The maximum Gasteiger partial charge on any atom is 0.204 e. The van der Waals surface area contributed by atoms with Crippen LogP contribution in [-0.4, -0.2) is 13.5 Å². The standard InChI is InChI=1S/C12H15N.CH3NO/c1-13-12-10-4-2-3-8(10)7-9-5-6-11(9)12;2-1-3/h7,13H,2-6H2,1H3;1H,(H2,2,3). The summed E-state index contributed by atoms with van der Waals surface area (Å²) in [4.78, 5) is 8.58. The quantitative estimate of drug-likeness (QED) is 0.700. The van der Waals surface area contributed by atoms with E-state index in [1.165, 1.54) is 37.8 Å². The zero-order valence-electron chi connectivity index (χ0n) is 9.68. The van der Waals surface area contributed by atoms with Crippen LogP contribution in [0.3, 0.4) is 0 Å². The number of carbonyl (C=O) groups excluding carboxylic acids is 1. The third-order valence-corrected chi connectivity index (χ3v) is 3.49. The van der Waals surface area contributed by atoms with Gasteiger partial charge in [-0.15, -0.1) is 0 Å². The lowest BCUT2D eigenvalue weighted by Gasteiger charge is -2.25. The van der Waals surface area contributed by atoms with E-state index in [4.69, 9.17) is 4.79 Å². The molecule has 2 aliphatic carbocycles. The van der Waals surface area contributed by atoms with Crippen LogP contribution in [0.25, 0.3) is 0 Å². The van der Waals surface area contributed by atoms with Gasteiger partial charge in [-0.1, -0.05) is 6.07 Å². The van der Waals surface area contributed by atoms with Crippen molar-refractivity contribution in [2.75, 3.05) is 12.4 Å². The molecule has 1 aromatic rings. The van der Waals surface area contributed by atoms with Crippen LogP contribution in [0.15, 0.2) is 6.07 Å². The van der Waals surface area contributed by atoms with Crippen molar-refractivity contribution in [3.8, 4) is 0 Å². The summed E-state index contributed by atoms with van der Waals surface area (Å²) < 4.78 is 0. The number of aryl methyl sites for hydroxylation is 2. The SMILES string of the molecule is CNc1c2c(cc3c1CC3)CCC2.NC=O. The first-order chi connectivity index (χ1) is 7.81. The average Bonchev–Trinajstić information content (AvgIpc) is 2.69. The molecule has 0 saturated heterocycles. The molecule has 86 valence electrons. The van der Waals surface area contributed by atoms with Crippen molar-refractivity contribution in [1.29, 1.82) is 0 Å². The Bertz CT molecular complexity index is 413. The summed E-state index contributed by atoms with van der Waals surface area (Å²) in [6, 6.07) is 2.45. The largest absolute Gasteiger partial charge is 0.388 e. The minimum absolute atomic E-state index is 0.250. The van der Waals surface area contributed by atoms with Crippen molar-refractivity contribution in [2.24, 2.45) is 5.73 Å². The number of amides is 1. The van der Waals surface area contributed by atoms with Crippen molar-refractivity contribution in [1.82, 2.24) is 0 Å². The molecule has 16 heavy (non-hydrogen) atoms. The molecule has 0 spiro atoms. The molecule has 3 N–H and O–H groups in total. The summed E-state index contributed by atoms with van der Waals surface area (Å²) in [6.45, 7) is 0. The summed E-state index contributed by atoms with van der Waals surface area (Å²) in [5, 5.41) is 3.39. The van der Waals surface area contributed by atoms with E-state index in [2.05, 4.69) is 24.2 Å². The molecular weight excluding hydrogens is 200 g/mol. The average molecular weight is 218 g/mol. The summed E-state index contributed by atoms with van der Waals surface area (Å²) in [5.41, 5.74) is 12.1. The first-order valence-electron chi connectivity index (χ1n) is 5.81. The molecule has 0 fully saturated rings. The smallest absolute Gasteiger partial charge is 0.204 e. The summed E-state index contributed by atoms with van der Waals surface area (Å²) in [7, 11) is 2.06. The lowest BCUT2D eigenvalue weighted by Crippen LogP contribution is -2.14. The van der Waals surface area contributed by atoms with Gasteiger partial charge in [0.1, 0.15) is 0 Å². The molecule has 2 aliphatic rings. The number of nitrogens with one attached hydrogen (secondary N) is 1. The molecule has 0 aliphatic heterocycles. The third-order valence-electron chi connectivity index (χ3n) is 3.49. The number of anilines is 1. The highest BCUT2D eigenvalue weighted by Crippen LogP contribution is 2.39. The van der Waals surface area contributed by atoms with Crippen molar-refractivity contribution in [3.63, 3.8) is 0 Å². The van der Waals surface area contributed by atoms with Crippen LogP contribution in [0.2, 0.25) is 0 Å².